The molecule has 1 unspecified atom stereocenters. The van der Waals surface area contributed by atoms with E-state index in [-0.39, 0.29) is 6.09 Å². The Balaban J connectivity index is 1.70. The van der Waals surface area contributed by atoms with Crippen LogP contribution in [-0.4, -0.2) is 46.0 Å². The molecule has 6 nitrogen and oxygen atoms in total. The van der Waals surface area contributed by atoms with Crippen LogP contribution in [0.1, 0.15) is 32.8 Å². The molecule has 0 aliphatic carbocycles. The van der Waals surface area contributed by atoms with Crippen LogP contribution in [-0.2, 0) is 11.3 Å². The molecule has 0 saturated carbocycles. The summed E-state index contributed by atoms with van der Waals surface area (Å²) < 4.78 is 7.10. The first-order chi connectivity index (χ1) is 10.4. The van der Waals surface area contributed by atoms with Gasteiger partial charge in [0.15, 0.2) is 0 Å². The lowest BCUT2D eigenvalue weighted by Crippen LogP contribution is -2.36. The summed E-state index contributed by atoms with van der Waals surface area (Å²) in [5.41, 5.74) is 0.695. The Labute approximate surface area is 132 Å². The number of nitrogens with zero attached hydrogens (tertiary/aromatic N) is 3. The second-order valence-electron chi connectivity index (χ2n) is 6.72. The van der Waals surface area contributed by atoms with Gasteiger partial charge in [0.05, 0.1) is 6.20 Å². The molecule has 0 bridgehead atoms. The average Bonchev–Trinajstić information content (AvgIpc) is 3.05. The van der Waals surface area contributed by atoms with E-state index in [9.17, 15) is 4.79 Å². The van der Waals surface area contributed by atoms with Gasteiger partial charge in [-0.3, -0.25) is 0 Å². The van der Waals surface area contributed by atoms with E-state index in [1.54, 1.807) is 15.8 Å². The molecule has 0 aromatic carbocycles. The van der Waals surface area contributed by atoms with Crippen LogP contribution in [0, 0.1) is 5.92 Å². The molecule has 2 heterocycles. The number of ether oxygens (including phenoxy) is 1. The SMILES string of the molecule is C=Cn1cc(CNCC2CCN(C(=O)OC(C)(C)C)C2)cn1. The number of nitrogens with one attached hydrogen (secondary N) is 1. The zero-order chi connectivity index (χ0) is 16.2. The second-order valence-corrected chi connectivity index (χ2v) is 6.72. The summed E-state index contributed by atoms with van der Waals surface area (Å²) in [4.78, 5) is 13.8. The molecule has 1 saturated heterocycles. The van der Waals surface area contributed by atoms with Gasteiger partial charge in [0.25, 0.3) is 0 Å². The fourth-order valence-electron chi connectivity index (χ4n) is 2.48. The summed E-state index contributed by atoms with van der Waals surface area (Å²) in [6.07, 6.45) is 6.25. The van der Waals surface area contributed by atoms with Crippen molar-refractivity contribution >= 4 is 12.3 Å². The third-order valence-electron chi connectivity index (χ3n) is 3.54. The number of rotatable bonds is 5. The minimum Gasteiger partial charge on any atom is -0.444 e. The smallest absolute Gasteiger partial charge is 0.410 e. The Kier molecular flexibility index (Phi) is 5.24. The van der Waals surface area contributed by atoms with Crippen molar-refractivity contribution in [2.24, 2.45) is 5.92 Å². The monoisotopic (exact) mass is 306 g/mol. The number of likely N-dealkylation sites (tertiary alicyclic amines) is 1. The minimum absolute atomic E-state index is 0.206. The van der Waals surface area contributed by atoms with Gasteiger partial charge in [-0.1, -0.05) is 6.58 Å². The maximum absolute atomic E-state index is 12.0. The molecule has 122 valence electrons. The Morgan fingerprint density at radius 3 is 3.00 bits per heavy atom. The molecule has 0 spiro atoms. The van der Waals surface area contributed by atoms with Crippen LogP contribution in [0.2, 0.25) is 0 Å². The van der Waals surface area contributed by atoms with E-state index < -0.39 is 5.60 Å². The van der Waals surface area contributed by atoms with E-state index in [1.807, 2.05) is 33.2 Å². The van der Waals surface area contributed by atoms with Gasteiger partial charge < -0.3 is 15.0 Å². The fourth-order valence-corrected chi connectivity index (χ4v) is 2.48. The molecule has 1 fully saturated rings. The average molecular weight is 306 g/mol. The topological polar surface area (TPSA) is 59.4 Å². The van der Waals surface area contributed by atoms with Gasteiger partial charge in [-0.2, -0.15) is 5.10 Å². The maximum Gasteiger partial charge on any atom is 0.410 e. The van der Waals surface area contributed by atoms with Gasteiger partial charge in [-0.15, -0.1) is 0 Å². The summed E-state index contributed by atoms with van der Waals surface area (Å²) in [6, 6.07) is 0. The van der Waals surface area contributed by atoms with Crippen molar-refractivity contribution in [1.82, 2.24) is 20.0 Å². The van der Waals surface area contributed by atoms with Gasteiger partial charge in [0.2, 0.25) is 0 Å². The number of carbonyl (C=O) groups is 1. The van der Waals surface area contributed by atoms with Crippen LogP contribution < -0.4 is 5.32 Å². The molecule has 1 aromatic rings. The fraction of sp³-hybridized carbons (Fsp3) is 0.625. The zero-order valence-electron chi connectivity index (χ0n) is 13.7. The van der Waals surface area contributed by atoms with Crippen LogP contribution in [0.5, 0.6) is 0 Å². The lowest BCUT2D eigenvalue weighted by Gasteiger charge is -2.24. The lowest BCUT2D eigenvalue weighted by atomic mass is 10.1. The van der Waals surface area contributed by atoms with E-state index in [0.29, 0.717) is 5.92 Å². The molecule has 1 aromatic heterocycles. The molecule has 22 heavy (non-hydrogen) atoms. The number of carbonyl (C=O) groups excluding carboxylic acids is 1. The third-order valence-corrected chi connectivity index (χ3v) is 3.54. The molecule has 1 N–H and O–H groups in total. The van der Waals surface area contributed by atoms with Crippen molar-refractivity contribution in [3.05, 3.63) is 24.5 Å². The molecule has 1 aliphatic rings. The van der Waals surface area contributed by atoms with Gasteiger partial charge in [0.1, 0.15) is 5.60 Å². The van der Waals surface area contributed by atoms with Gasteiger partial charge in [-0.25, -0.2) is 9.48 Å². The number of amides is 1. The van der Waals surface area contributed by atoms with Crippen molar-refractivity contribution in [3.8, 4) is 0 Å². The number of aromatic nitrogens is 2. The Bertz CT molecular complexity index is 518. The predicted octanol–water partition coefficient (Wildman–Crippen LogP) is 2.33. The van der Waals surface area contributed by atoms with Crippen molar-refractivity contribution in [1.29, 1.82) is 0 Å². The highest BCUT2D eigenvalue weighted by Gasteiger charge is 2.29. The Morgan fingerprint density at radius 1 is 1.59 bits per heavy atom. The van der Waals surface area contributed by atoms with E-state index in [4.69, 9.17) is 4.74 Å². The molecular formula is C16H26N4O2. The van der Waals surface area contributed by atoms with Crippen molar-refractivity contribution in [2.75, 3.05) is 19.6 Å². The molecule has 1 atom stereocenters. The van der Waals surface area contributed by atoms with E-state index in [0.717, 1.165) is 38.2 Å². The van der Waals surface area contributed by atoms with Crippen molar-refractivity contribution in [2.45, 2.75) is 39.3 Å². The van der Waals surface area contributed by atoms with Crippen molar-refractivity contribution < 1.29 is 9.53 Å². The predicted molar refractivity (Wildman–Crippen MR) is 86.2 cm³/mol. The molecular weight excluding hydrogens is 280 g/mol. The molecule has 6 heteroatoms. The van der Waals surface area contributed by atoms with E-state index >= 15 is 0 Å². The highest BCUT2D eigenvalue weighted by atomic mass is 16.6. The summed E-state index contributed by atoms with van der Waals surface area (Å²) in [6.45, 7) is 12.5. The Morgan fingerprint density at radius 2 is 2.36 bits per heavy atom. The van der Waals surface area contributed by atoms with E-state index in [1.165, 1.54) is 0 Å². The highest BCUT2D eigenvalue weighted by molar-refractivity contribution is 5.68. The lowest BCUT2D eigenvalue weighted by molar-refractivity contribution is 0.0288. The maximum atomic E-state index is 12.0. The minimum atomic E-state index is -0.432. The Hall–Kier alpha value is -1.82. The summed E-state index contributed by atoms with van der Waals surface area (Å²) in [7, 11) is 0. The molecule has 1 amide bonds. The highest BCUT2D eigenvalue weighted by Crippen LogP contribution is 2.19. The van der Waals surface area contributed by atoms with E-state index in [2.05, 4.69) is 17.0 Å². The summed E-state index contributed by atoms with van der Waals surface area (Å²) >= 11 is 0. The first-order valence-corrected chi connectivity index (χ1v) is 7.71. The van der Waals surface area contributed by atoms with Crippen molar-refractivity contribution in [3.63, 3.8) is 0 Å². The van der Waals surface area contributed by atoms with Gasteiger partial charge in [-0.05, 0) is 33.1 Å². The van der Waals surface area contributed by atoms with Crippen LogP contribution in [0.4, 0.5) is 4.79 Å². The summed E-state index contributed by atoms with van der Waals surface area (Å²) in [5, 5.41) is 7.57. The molecule has 0 radical (unpaired) electrons. The molecule has 2 rings (SSSR count). The largest absolute Gasteiger partial charge is 0.444 e. The standard InChI is InChI=1S/C16H26N4O2/c1-5-20-12-14(10-18-20)9-17-8-13-6-7-19(11-13)15(21)22-16(2,3)4/h5,10,12-13,17H,1,6-9,11H2,2-4H3. The van der Waals surface area contributed by atoms with Gasteiger partial charge in [0, 0.05) is 44.1 Å². The first-order valence-electron chi connectivity index (χ1n) is 7.71. The normalized spacial score (nSPS) is 18.5. The van der Waals surface area contributed by atoms with Crippen LogP contribution >= 0.6 is 0 Å². The zero-order valence-corrected chi connectivity index (χ0v) is 13.7. The van der Waals surface area contributed by atoms with Crippen LogP contribution in [0.25, 0.3) is 6.20 Å². The quantitative estimate of drug-likeness (QED) is 0.907. The number of hydrogen-bond acceptors (Lipinski definition) is 4. The third kappa shape index (κ3) is 4.87. The van der Waals surface area contributed by atoms with Gasteiger partial charge >= 0.3 is 6.09 Å². The van der Waals surface area contributed by atoms with Crippen LogP contribution in [0.15, 0.2) is 19.0 Å². The number of hydrogen-bond donors (Lipinski definition) is 1. The first kappa shape index (κ1) is 16.5. The second kappa shape index (κ2) is 6.96. The molecule has 1 aliphatic heterocycles. The summed E-state index contributed by atoms with van der Waals surface area (Å²) in [5.74, 6) is 0.474. The van der Waals surface area contributed by atoms with Crippen LogP contribution in [0.3, 0.4) is 0 Å².